The summed E-state index contributed by atoms with van der Waals surface area (Å²) in [6, 6.07) is 1.28. The molecule has 4 saturated carbocycles. The van der Waals surface area contributed by atoms with Crippen molar-refractivity contribution in [2.75, 3.05) is 20.2 Å². The monoisotopic (exact) mass is 373 g/mol. The zero-order valence-corrected chi connectivity index (χ0v) is 16.6. The van der Waals surface area contributed by atoms with Crippen molar-refractivity contribution in [2.24, 2.45) is 23.5 Å². The van der Waals surface area contributed by atoms with Crippen LogP contribution in [0.5, 0.6) is 0 Å². The Balaban J connectivity index is 1.16. The molecule has 3 atom stereocenters. The number of piperidine rings is 1. The summed E-state index contributed by atoms with van der Waals surface area (Å²) in [6.07, 6.45) is 15.2. The van der Waals surface area contributed by atoms with Crippen LogP contribution < -0.4 is 11.1 Å². The topological polar surface area (TPSA) is 70.8 Å². The lowest BCUT2D eigenvalue weighted by atomic mass is 9.52. The highest BCUT2D eigenvalue weighted by Crippen LogP contribution is 2.57. The van der Waals surface area contributed by atoms with E-state index in [1.165, 1.54) is 44.5 Å². The first-order valence-electron chi connectivity index (χ1n) is 10.9. The summed E-state index contributed by atoms with van der Waals surface area (Å²) in [6.45, 7) is 2.38. The van der Waals surface area contributed by atoms with Gasteiger partial charge in [-0.05, 0) is 74.9 Å². The number of ether oxygens (including phenoxy) is 1. The summed E-state index contributed by atoms with van der Waals surface area (Å²) < 4.78 is 5.35. The highest BCUT2D eigenvalue weighted by molar-refractivity contribution is 5.26. The first-order chi connectivity index (χ1) is 13.0. The number of rotatable bonds is 4. The molecule has 5 nitrogen and oxygen atoms in total. The number of likely N-dealkylation sites (tertiary alicyclic amines) is 1. The molecule has 5 aliphatic carbocycles. The van der Waals surface area contributed by atoms with E-state index in [2.05, 4.69) is 22.4 Å². The van der Waals surface area contributed by atoms with Gasteiger partial charge in [-0.15, -0.1) is 0 Å². The zero-order valence-electron chi connectivity index (χ0n) is 16.6. The quantitative estimate of drug-likeness (QED) is 0.659. The molecule has 0 amide bonds. The van der Waals surface area contributed by atoms with Crippen LogP contribution in [0.25, 0.3) is 0 Å². The van der Waals surface area contributed by atoms with Crippen molar-refractivity contribution >= 4 is 0 Å². The Morgan fingerprint density at radius 1 is 1.19 bits per heavy atom. The molecule has 0 spiro atoms. The van der Waals surface area contributed by atoms with Crippen molar-refractivity contribution in [1.82, 2.24) is 10.2 Å². The molecule has 1 heterocycles. The van der Waals surface area contributed by atoms with E-state index in [4.69, 9.17) is 10.5 Å². The minimum Gasteiger partial charge on any atom is -0.390 e. The Hall–Kier alpha value is -0.880. The molecule has 0 aromatic heterocycles. The van der Waals surface area contributed by atoms with Crippen molar-refractivity contribution in [3.05, 3.63) is 23.9 Å². The van der Waals surface area contributed by atoms with E-state index >= 15 is 0 Å². The van der Waals surface area contributed by atoms with E-state index in [9.17, 15) is 5.11 Å². The van der Waals surface area contributed by atoms with Gasteiger partial charge in [0.1, 0.15) is 5.72 Å². The fourth-order valence-electron chi connectivity index (χ4n) is 7.02. The van der Waals surface area contributed by atoms with Crippen molar-refractivity contribution in [1.29, 1.82) is 0 Å². The number of hydrogen-bond acceptors (Lipinski definition) is 5. The predicted molar refractivity (Wildman–Crippen MR) is 106 cm³/mol. The molecule has 5 fully saturated rings. The molecule has 0 aromatic rings. The van der Waals surface area contributed by atoms with E-state index in [1.807, 2.05) is 6.08 Å². The van der Waals surface area contributed by atoms with Gasteiger partial charge in [-0.25, -0.2) is 0 Å². The Labute approximate surface area is 163 Å². The molecule has 27 heavy (non-hydrogen) atoms. The van der Waals surface area contributed by atoms with Gasteiger partial charge in [0, 0.05) is 44.4 Å². The molecular formula is C22H35N3O2. The second-order valence-corrected chi connectivity index (χ2v) is 10.00. The maximum absolute atomic E-state index is 10.8. The molecule has 1 saturated heterocycles. The van der Waals surface area contributed by atoms with E-state index in [-0.39, 0.29) is 5.60 Å². The lowest BCUT2D eigenvalue weighted by Crippen LogP contribution is -2.63. The first-order valence-corrected chi connectivity index (χ1v) is 10.9. The van der Waals surface area contributed by atoms with Gasteiger partial charge in [-0.2, -0.15) is 0 Å². The van der Waals surface area contributed by atoms with Crippen molar-refractivity contribution in [3.8, 4) is 0 Å². The van der Waals surface area contributed by atoms with E-state index < -0.39 is 5.72 Å². The fourth-order valence-corrected chi connectivity index (χ4v) is 7.02. The van der Waals surface area contributed by atoms with Crippen LogP contribution in [0, 0.1) is 17.8 Å². The Morgan fingerprint density at radius 3 is 2.44 bits per heavy atom. The number of aliphatic hydroxyl groups is 1. The highest BCUT2D eigenvalue weighted by atomic mass is 16.5. The molecule has 5 heteroatoms. The third kappa shape index (κ3) is 3.37. The van der Waals surface area contributed by atoms with E-state index in [0.29, 0.717) is 6.04 Å². The number of methoxy groups -OCH3 is 1. The summed E-state index contributed by atoms with van der Waals surface area (Å²) >= 11 is 0. The van der Waals surface area contributed by atoms with E-state index in [1.54, 1.807) is 7.11 Å². The first kappa shape index (κ1) is 18.2. The molecular weight excluding hydrogens is 338 g/mol. The number of nitrogens with zero attached hydrogens (tertiary/aromatic N) is 1. The zero-order chi connectivity index (χ0) is 18.6. The minimum atomic E-state index is -0.641. The fraction of sp³-hybridized carbons (Fsp3) is 0.818. The van der Waals surface area contributed by atoms with Crippen LogP contribution in [0.3, 0.4) is 0 Å². The molecule has 3 unspecified atom stereocenters. The van der Waals surface area contributed by atoms with Crippen LogP contribution in [-0.4, -0.2) is 53.6 Å². The number of nitrogens with two attached hydrogens (primary N) is 1. The van der Waals surface area contributed by atoms with Gasteiger partial charge >= 0.3 is 0 Å². The lowest BCUT2D eigenvalue weighted by Gasteiger charge is -2.61. The van der Waals surface area contributed by atoms with Crippen molar-refractivity contribution in [2.45, 2.75) is 74.8 Å². The summed E-state index contributed by atoms with van der Waals surface area (Å²) in [5.74, 6) is 2.28. The number of hydrogen-bond donors (Lipinski definition) is 3. The maximum Gasteiger partial charge on any atom is 0.139 e. The molecule has 150 valence electrons. The van der Waals surface area contributed by atoms with E-state index in [0.717, 1.165) is 49.5 Å². The Kier molecular flexibility index (Phi) is 4.43. The number of nitrogens with one attached hydrogen (secondary N) is 1. The molecule has 0 radical (unpaired) electrons. The van der Waals surface area contributed by atoms with Crippen LogP contribution in [0.2, 0.25) is 0 Å². The standard InChI is InChI=1S/C22H35N3O2/c1-27-22(23)6-2-18(3-7-22)24-19-4-8-25(9-5-19)20-16-10-15-11-17(20)14-21(26,12-15)13-16/h2-3,6,15-17,19-20,24,26H,4-5,7-14,23H2,1H3. The largest absolute Gasteiger partial charge is 0.390 e. The normalized spacial score (nSPS) is 47.3. The van der Waals surface area contributed by atoms with Crippen LogP contribution in [-0.2, 0) is 4.74 Å². The predicted octanol–water partition coefficient (Wildman–Crippen LogP) is 2.13. The second-order valence-electron chi connectivity index (χ2n) is 10.00. The molecule has 6 rings (SSSR count). The van der Waals surface area contributed by atoms with Gasteiger partial charge in [0.25, 0.3) is 0 Å². The lowest BCUT2D eigenvalue weighted by molar-refractivity contribution is -0.162. The number of allylic oxidation sites excluding steroid dienone is 1. The second kappa shape index (κ2) is 6.58. The molecule has 4 bridgehead atoms. The van der Waals surface area contributed by atoms with Crippen molar-refractivity contribution < 1.29 is 9.84 Å². The van der Waals surface area contributed by atoms with Crippen molar-refractivity contribution in [3.63, 3.8) is 0 Å². The SMILES string of the molecule is COC1(N)C=CC(NC2CCN(C3C4CC5CC3CC(O)(C5)C4)CC2)=CC1. The summed E-state index contributed by atoms with van der Waals surface area (Å²) in [5.41, 5.74) is 6.35. The minimum absolute atomic E-state index is 0.312. The summed E-state index contributed by atoms with van der Waals surface area (Å²) in [7, 11) is 1.66. The summed E-state index contributed by atoms with van der Waals surface area (Å²) in [5, 5.41) is 14.5. The van der Waals surface area contributed by atoms with Crippen LogP contribution in [0.1, 0.15) is 51.4 Å². The van der Waals surface area contributed by atoms with Crippen LogP contribution in [0.15, 0.2) is 23.9 Å². The Morgan fingerprint density at radius 2 is 1.89 bits per heavy atom. The molecule has 1 aliphatic heterocycles. The van der Waals surface area contributed by atoms with Gasteiger partial charge in [0.15, 0.2) is 0 Å². The van der Waals surface area contributed by atoms with Gasteiger partial charge in [0.2, 0.25) is 0 Å². The summed E-state index contributed by atoms with van der Waals surface area (Å²) in [4.78, 5) is 2.77. The van der Waals surface area contributed by atoms with Gasteiger partial charge in [-0.3, -0.25) is 10.6 Å². The van der Waals surface area contributed by atoms with Crippen LogP contribution >= 0.6 is 0 Å². The third-order valence-corrected chi connectivity index (χ3v) is 8.08. The maximum atomic E-state index is 10.8. The van der Waals surface area contributed by atoms with Gasteiger partial charge < -0.3 is 15.2 Å². The average Bonchev–Trinajstić information content (AvgIpc) is 2.63. The molecule has 4 N–H and O–H groups in total. The van der Waals surface area contributed by atoms with Gasteiger partial charge in [-0.1, -0.05) is 6.08 Å². The highest BCUT2D eigenvalue weighted by Gasteiger charge is 2.56. The third-order valence-electron chi connectivity index (χ3n) is 8.08. The molecule has 6 aliphatic rings. The Bertz CT molecular complexity index is 623. The smallest absolute Gasteiger partial charge is 0.139 e. The molecule has 0 aromatic carbocycles. The van der Waals surface area contributed by atoms with Gasteiger partial charge in [0.05, 0.1) is 5.60 Å². The van der Waals surface area contributed by atoms with Crippen LogP contribution in [0.4, 0.5) is 0 Å². The average molecular weight is 374 g/mol.